The van der Waals surface area contributed by atoms with Crippen LogP contribution in [0.2, 0.25) is 0 Å². The molecule has 0 aliphatic rings. The van der Waals surface area contributed by atoms with Crippen molar-refractivity contribution in [3.63, 3.8) is 0 Å². The standard InChI is InChI=1S/C17H28O/c1-4-6-8-10-15-12-13-17(18-3)16(14-15)11-9-7-5-2/h12-14H,4-11H2,1-3H3. The van der Waals surface area contributed by atoms with Crippen LogP contribution in [0.15, 0.2) is 18.2 Å². The van der Waals surface area contributed by atoms with E-state index in [-0.39, 0.29) is 0 Å². The average molecular weight is 248 g/mol. The van der Waals surface area contributed by atoms with Gasteiger partial charge in [0.1, 0.15) is 5.75 Å². The summed E-state index contributed by atoms with van der Waals surface area (Å²) in [6, 6.07) is 6.71. The van der Waals surface area contributed by atoms with Crippen molar-refractivity contribution in [1.82, 2.24) is 0 Å². The van der Waals surface area contributed by atoms with E-state index in [0.717, 1.165) is 12.2 Å². The molecule has 0 bridgehead atoms. The minimum absolute atomic E-state index is 1.06. The van der Waals surface area contributed by atoms with E-state index in [4.69, 9.17) is 4.74 Å². The maximum Gasteiger partial charge on any atom is 0.122 e. The molecule has 0 atom stereocenters. The smallest absolute Gasteiger partial charge is 0.122 e. The van der Waals surface area contributed by atoms with E-state index in [1.807, 2.05) is 0 Å². The molecule has 102 valence electrons. The number of hydrogen-bond acceptors (Lipinski definition) is 1. The van der Waals surface area contributed by atoms with Gasteiger partial charge in [-0.2, -0.15) is 0 Å². The van der Waals surface area contributed by atoms with Crippen LogP contribution in [-0.2, 0) is 12.8 Å². The van der Waals surface area contributed by atoms with Crippen LogP contribution >= 0.6 is 0 Å². The molecule has 1 rings (SSSR count). The SMILES string of the molecule is CCCCCc1ccc(OC)c(CCCCC)c1. The Morgan fingerprint density at radius 2 is 1.56 bits per heavy atom. The predicted octanol–water partition coefficient (Wildman–Crippen LogP) is 5.16. The van der Waals surface area contributed by atoms with Gasteiger partial charge in [-0.1, -0.05) is 51.7 Å². The molecule has 0 saturated heterocycles. The highest BCUT2D eigenvalue weighted by Gasteiger charge is 2.04. The lowest BCUT2D eigenvalue weighted by Crippen LogP contribution is -1.95. The first-order valence-electron chi connectivity index (χ1n) is 7.47. The molecule has 18 heavy (non-hydrogen) atoms. The molecule has 0 fully saturated rings. The Morgan fingerprint density at radius 1 is 0.889 bits per heavy atom. The van der Waals surface area contributed by atoms with E-state index in [0.29, 0.717) is 0 Å². The number of aryl methyl sites for hydroxylation is 2. The number of hydrogen-bond donors (Lipinski definition) is 0. The third-order valence-corrected chi connectivity index (χ3v) is 3.46. The van der Waals surface area contributed by atoms with Crippen LogP contribution in [0.3, 0.4) is 0 Å². The molecule has 1 heteroatoms. The van der Waals surface area contributed by atoms with Gasteiger partial charge in [-0.3, -0.25) is 0 Å². The normalized spacial score (nSPS) is 10.6. The maximum absolute atomic E-state index is 5.46. The number of unbranched alkanes of at least 4 members (excludes halogenated alkanes) is 4. The van der Waals surface area contributed by atoms with Crippen LogP contribution in [-0.4, -0.2) is 7.11 Å². The Hall–Kier alpha value is -0.980. The van der Waals surface area contributed by atoms with Crippen molar-refractivity contribution in [3.8, 4) is 5.75 Å². The lowest BCUT2D eigenvalue weighted by Gasteiger charge is -2.10. The second kappa shape index (κ2) is 9.02. The van der Waals surface area contributed by atoms with E-state index < -0.39 is 0 Å². The lowest BCUT2D eigenvalue weighted by molar-refractivity contribution is 0.408. The Balaban J connectivity index is 2.62. The summed E-state index contributed by atoms with van der Waals surface area (Å²) in [6.45, 7) is 4.50. The van der Waals surface area contributed by atoms with Gasteiger partial charge in [-0.15, -0.1) is 0 Å². The maximum atomic E-state index is 5.46. The lowest BCUT2D eigenvalue weighted by atomic mass is 10.0. The zero-order valence-corrected chi connectivity index (χ0v) is 12.3. The summed E-state index contributed by atoms with van der Waals surface area (Å²) in [6.07, 6.45) is 10.1. The first-order chi connectivity index (χ1) is 8.81. The van der Waals surface area contributed by atoms with Crippen molar-refractivity contribution in [3.05, 3.63) is 29.3 Å². The molecule has 0 aliphatic heterocycles. The van der Waals surface area contributed by atoms with Crippen LogP contribution in [0.4, 0.5) is 0 Å². The fourth-order valence-corrected chi connectivity index (χ4v) is 2.33. The number of ether oxygens (including phenoxy) is 1. The van der Waals surface area contributed by atoms with Crippen molar-refractivity contribution < 1.29 is 4.74 Å². The van der Waals surface area contributed by atoms with Gasteiger partial charge in [-0.05, 0) is 42.9 Å². The van der Waals surface area contributed by atoms with Crippen LogP contribution in [0, 0.1) is 0 Å². The topological polar surface area (TPSA) is 9.23 Å². The van der Waals surface area contributed by atoms with Crippen LogP contribution in [0.1, 0.15) is 63.5 Å². The van der Waals surface area contributed by atoms with E-state index in [2.05, 4.69) is 32.0 Å². The molecule has 1 aromatic carbocycles. The summed E-state index contributed by atoms with van der Waals surface area (Å²) in [5, 5.41) is 0. The second-order valence-corrected chi connectivity index (χ2v) is 5.06. The monoisotopic (exact) mass is 248 g/mol. The summed E-state index contributed by atoms with van der Waals surface area (Å²) < 4.78 is 5.46. The zero-order valence-electron chi connectivity index (χ0n) is 12.3. The highest BCUT2D eigenvalue weighted by molar-refractivity contribution is 5.37. The highest BCUT2D eigenvalue weighted by atomic mass is 16.5. The van der Waals surface area contributed by atoms with Gasteiger partial charge in [0.05, 0.1) is 7.11 Å². The van der Waals surface area contributed by atoms with Gasteiger partial charge >= 0.3 is 0 Å². The molecule has 0 N–H and O–H groups in total. The Morgan fingerprint density at radius 3 is 2.17 bits per heavy atom. The molecule has 0 unspecified atom stereocenters. The average Bonchev–Trinajstić information content (AvgIpc) is 2.40. The number of methoxy groups -OCH3 is 1. The molecule has 0 radical (unpaired) electrons. The molecular weight excluding hydrogens is 220 g/mol. The summed E-state index contributed by atoms with van der Waals surface area (Å²) in [5.74, 6) is 1.06. The summed E-state index contributed by atoms with van der Waals surface area (Å²) in [5.41, 5.74) is 2.86. The van der Waals surface area contributed by atoms with E-state index in [9.17, 15) is 0 Å². The Kier molecular flexibility index (Phi) is 7.55. The summed E-state index contributed by atoms with van der Waals surface area (Å²) in [7, 11) is 1.77. The first-order valence-corrected chi connectivity index (χ1v) is 7.47. The molecule has 0 aliphatic carbocycles. The van der Waals surface area contributed by atoms with Gasteiger partial charge in [0.2, 0.25) is 0 Å². The second-order valence-electron chi connectivity index (χ2n) is 5.06. The molecular formula is C17H28O. The molecule has 0 heterocycles. The largest absolute Gasteiger partial charge is 0.496 e. The third-order valence-electron chi connectivity index (χ3n) is 3.46. The van der Waals surface area contributed by atoms with E-state index in [1.165, 1.54) is 56.1 Å². The highest BCUT2D eigenvalue weighted by Crippen LogP contribution is 2.23. The van der Waals surface area contributed by atoms with Gasteiger partial charge < -0.3 is 4.74 Å². The van der Waals surface area contributed by atoms with Gasteiger partial charge in [-0.25, -0.2) is 0 Å². The zero-order chi connectivity index (χ0) is 13.2. The van der Waals surface area contributed by atoms with Crippen molar-refractivity contribution in [1.29, 1.82) is 0 Å². The molecule has 1 aromatic rings. The Bertz CT molecular complexity index is 330. The fraction of sp³-hybridized carbons (Fsp3) is 0.647. The number of benzene rings is 1. The molecule has 0 aromatic heterocycles. The quantitative estimate of drug-likeness (QED) is 0.548. The molecule has 0 amide bonds. The Labute approximate surface area is 113 Å². The van der Waals surface area contributed by atoms with E-state index in [1.54, 1.807) is 7.11 Å². The van der Waals surface area contributed by atoms with Crippen molar-refractivity contribution in [2.24, 2.45) is 0 Å². The molecule has 1 nitrogen and oxygen atoms in total. The molecule has 0 saturated carbocycles. The van der Waals surface area contributed by atoms with Crippen LogP contribution in [0.5, 0.6) is 5.75 Å². The van der Waals surface area contributed by atoms with Crippen LogP contribution in [0.25, 0.3) is 0 Å². The van der Waals surface area contributed by atoms with Gasteiger partial charge in [0.25, 0.3) is 0 Å². The van der Waals surface area contributed by atoms with Crippen LogP contribution < -0.4 is 4.74 Å². The summed E-state index contributed by atoms with van der Waals surface area (Å²) in [4.78, 5) is 0. The first kappa shape index (κ1) is 15.1. The van der Waals surface area contributed by atoms with E-state index >= 15 is 0 Å². The van der Waals surface area contributed by atoms with Crippen molar-refractivity contribution in [2.45, 2.75) is 65.2 Å². The predicted molar refractivity (Wildman–Crippen MR) is 79.5 cm³/mol. The molecule has 0 spiro atoms. The minimum Gasteiger partial charge on any atom is -0.496 e. The number of rotatable bonds is 9. The fourth-order valence-electron chi connectivity index (χ4n) is 2.33. The van der Waals surface area contributed by atoms with Crippen molar-refractivity contribution >= 4 is 0 Å². The van der Waals surface area contributed by atoms with Crippen molar-refractivity contribution in [2.75, 3.05) is 7.11 Å². The van der Waals surface area contributed by atoms with Gasteiger partial charge in [0, 0.05) is 0 Å². The summed E-state index contributed by atoms with van der Waals surface area (Å²) >= 11 is 0. The third kappa shape index (κ3) is 5.12. The minimum atomic E-state index is 1.06. The van der Waals surface area contributed by atoms with Gasteiger partial charge in [0.15, 0.2) is 0 Å².